The van der Waals surface area contributed by atoms with Crippen LogP contribution in [0, 0.1) is 0 Å². The van der Waals surface area contributed by atoms with Crippen LogP contribution in [0.15, 0.2) is 53.0 Å². The largest absolute Gasteiger partial charge is 0.352 e. The van der Waals surface area contributed by atoms with E-state index in [-0.39, 0.29) is 5.91 Å². The van der Waals surface area contributed by atoms with Gasteiger partial charge in [-0.05, 0) is 23.3 Å². The molecule has 0 aromatic heterocycles. The molecule has 0 heterocycles. The summed E-state index contributed by atoms with van der Waals surface area (Å²) < 4.78 is 0.928. The minimum atomic E-state index is -0.00909. The topological polar surface area (TPSA) is 29.1 Å². The molecule has 0 aliphatic carbocycles. The third-order valence-corrected chi connectivity index (χ3v) is 3.54. The normalized spacial score (nSPS) is 10.2. The number of amides is 1. The number of carbonyl (C=O) groups excluding carboxylic acids is 1. The van der Waals surface area contributed by atoms with E-state index in [1.165, 1.54) is 0 Å². The molecule has 0 spiro atoms. The number of nitrogens with one attached hydrogen (secondary N) is 1. The summed E-state index contributed by atoms with van der Waals surface area (Å²) in [5.41, 5.74) is 1.91. The van der Waals surface area contributed by atoms with Gasteiger partial charge in [-0.25, -0.2) is 0 Å². The third-order valence-electron chi connectivity index (χ3n) is 2.70. The molecule has 0 atom stereocenters. The fourth-order valence-electron chi connectivity index (χ4n) is 1.70. The van der Waals surface area contributed by atoms with Gasteiger partial charge >= 0.3 is 0 Å². The zero-order valence-electron chi connectivity index (χ0n) is 10.2. The molecule has 0 saturated carbocycles. The van der Waals surface area contributed by atoms with E-state index >= 15 is 0 Å². The van der Waals surface area contributed by atoms with Crippen LogP contribution in [-0.2, 0) is 17.8 Å². The lowest BCUT2D eigenvalue weighted by Crippen LogP contribution is -2.24. The molecular weight excluding hydrogens is 326 g/mol. The van der Waals surface area contributed by atoms with Crippen LogP contribution in [0.4, 0.5) is 0 Å². The lowest BCUT2D eigenvalue weighted by atomic mass is 10.1. The Morgan fingerprint density at radius 2 is 1.89 bits per heavy atom. The zero-order chi connectivity index (χ0) is 13.7. The van der Waals surface area contributed by atoms with E-state index in [1.807, 2.05) is 48.5 Å². The maximum absolute atomic E-state index is 11.8. The Morgan fingerprint density at radius 3 is 2.58 bits per heavy atom. The molecule has 0 bridgehead atoms. The number of rotatable bonds is 4. The fourth-order valence-corrected chi connectivity index (χ4v) is 2.44. The van der Waals surface area contributed by atoms with Gasteiger partial charge in [-0.3, -0.25) is 4.79 Å². The van der Waals surface area contributed by atoms with Crippen LogP contribution < -0.4 is 5.32 Å². The molecule has 98 valence electrons. The Hall–Kier alpha value is -1.32. The zero-order valence-corrected chi connectivity index (χ0v) is 12.5. The van der Waals surface area contributed by atoms with Crippen molar-refractivity contribution in [1.29, 1.82) is 0 Å². The van der Waals surface area contributed by atoms with Crippen molar-refractivity contribution in [2.45, 2.75) is 13.0 Å². The van der Waals surface area contributed by atoms with Gasteiger partial charge in [-0.15, -0.1) is 0 Å². The first-order chi connectivity index (χ1) is 9.15. The number of hydrogen-bond donors (Lipinski definition) is 1. The number of carbonyl (C=O) groups is 1. The average Bonchev–Trinajstić information content (AvgIpc) is 2.39. The predicted molar refractivity (Wildman–Crippen MR) is 81.1 cm³/mol. The van der Waals surface area contributed by atoms with Gasteiger partial charge < -0.3 is 5.32 Å². The first kappa shape index (κ1) is 14.1. The highest BCUT2D eigenvalue weighted by molar-refractivity contribution is 9.10. The maximum atomic E-state index is 11.8. The van der Waals surface area contributed by atoms with Gasteiger partial charge in [-0.2, -0.15) is 0 Å². The first-order valence-electron chi connectivity index (χ1n) is 5.90. The summed E-state index contributed by atoms with van der Waals surface area (Å²) in [6, 6.07) is 15.3. The van der Waals surface area contributed by atoms with Gasteiger partial charge in [0.05, 0.1) is 6.42 Å². The van der Waals surface area contributed by atoms with Gasteiger partial charge in [0.25, 0.3) is 0 Å². The lowest BCUT2D eigenvalue weighted by Gasteiger charge is -2.07. The van der Waals surface area contributed by atoms with Gasteiger partial charge in [0, 0.05) is 16.0 Å². The van der Waals surface area contributed by atoms with E-state index in [2.05, 4.69) is 21.2 Å². The summed E-state index contributed by atoms with van der Waals surface area (Å²) in [4.78, 5) is 11.8. The van der Waals surface area contributed by atoms with Crippen LogP contribution in [0.2, 0.25) is 5.02 Å². The van der Waals surface area contributed by atoms with E-state index < -0.39 is 0 Å². The minimum Gasteiger partial charge on any atom is -0.352 e. The summed E-state index contributed by atoms with van der Waals surface area (Å²) in [6.45, 7) is 0.442. The van der Waals surface area contributed by atoms with Crippen molar-refractivity contribution in [3.05, 3.63) is 69.2 Å². The van der Waals surface area contributed by atoms with Crippen molar-refractivity contribution in [2.75, 3.05) is 0 Å². The van der Waals surface area contributed by atoms with Gasteiger partial charge in [0.1, 0.15) is 0 Å². The van der Waals surface area contributed by atoms with Crippen LogP contribution in [0.1, 0.15) is 11.1 Å². The molecule has 0 radical (unpaired) electrons. The van der Waals surface area contributed by atoms with Gasteiger partial charge in [0.2, 0.25) is 5.91 Å². The quantitative estimate of drug-likeness (QED) is 0.898. The van der Waals surface area contributed by atoms with Crippen molar-refractivity contribution in [3.8, 4) is 0 Å². The highest BCUT2D eigenvalue weighted by atomic mass is 79.9. The number of benzene rings is 2. The molecule has 0 saturated heterocycles. The standard InChI is InChI=1S/C15H13BrClNO/c16-13-7-6-12(14(17)9-13)10-18-15(19)8-11-4-2-1-3-5-11/h1-7,9H,8,10H2,(H,18,19). The molecule has 4 heteroatoms. The van der Waals surface area contributed by atoms with Crippen molar-refractivity contribution in [1.82, 2.24) is 5.32 Å². The smallest absolute Gasteiger partial charge is 0.224 e. The van der Waals surface area contributed by atoms with Crippen LogP contribution in [0.5, 0.6) is 0 Å². The SMILES string of the molecule is O=C(Cc1ccccc1)NCc1ccc(Br)cc1Cl. The predicted octanol–water partition coefficient (Wildman–Crippen LogP) is 3.96. The third kappa shape index (κ3) is 4.37. The Bertz CT molecular complexity index is 572. The van der Waals surface area contributed by atoms with E-state index in [4.69, 9.17) is 11.6 Å². The summed E-state index contributed by atoms with van der Waals surface area (Å²) in [6.07, 6.45) is 0.384. The minimum absolute atomic E-state index is 0.00909. The molecule has 1 N–H and O–H groups in total. The molecule has 2 rings (SSSR count). The first-order valence-corrected chi connectivity index (χ1v) is 7.07. The summed E-state index contributed by atoms with van der Waals surface area (Å²) in [5, 5.41) is 3.52. The Balaban J connectivity index is 1.90. The molecule has 0 aliphatic heterocycles. The Labute approximate surface area is 125 Å². The second kappa shape index (κ2) is 6.73. The van der Waals surface area contributed by atoms with Crippen LogP contribution in [0.3, 0.4) is 0 Å². The van der Waals surface area contributed by atoms with E-state index in [1.54, 1.807) is 0 Å². The molecule has 2 aromatic carbocycles. The van der Waals surface area contributed by atoms with Crippen molar-refractivity contribution < 1.29 is 4.79 Å². The Kier molecular flexibility index (Phi) is 5.00. The fraction of sp³-hybridized carbons (Fsp3) is 0.133. The number of halogens is 2. The molecule has 0 unspecified atom stereocenters. The highest BCUT2D eigenvalue weighted by Gasteiger charge is 2.05. The monoisotopic (exact) mass is 337 g/mol. The molecule has 19 heavy (non-hydrogen) atoms. The second-order valence-corrected chi connectivity index (χ2v) is 5.50. The van der Waals surface area contributed by atoms with Gasteiger partial charge in [0.15, 0.2) is 0 Å². The van der Waals surface area contributed by atoms with E-state index in [0.29, 0.717) is 18.0 Å². The summed E-state index contributed by atoms with van der Waals surface area (Å²) in [5.74, 6) is -0.00909. The summed E-state index contributed by atoms with van der Waals surface area (Å²) >= 11 is 9.44. The Morgan fingerprint density at radius 1 is 1.16 bits per heavy atom. The van der Waals surface area contributed by atoms with Crippen molar-refractivity contribution in [3.63, 3.8) is 0 Å². The van der Waals surface area contributed by atoms with Crippen LogP contribution >= 0.6 is 27.5 Å². The molecule has 1 amide bonds. The highest BCUT2D eigenvalue weighted by Crippen LogP contribution is 2.21. The van der Waals surface area contributed by atoms with Crippen molar-refractivity contribution >= 4 is 33.4 Å². The average molecular weight is 339 g/mol. The molecule has 0 aliphatic rings. The molecular formula is C15H13BrClNO. The van der Waals surface area contributed by atoms with Crippen LogP contribution in [0.25, 0.3) is 0 Å². The molecule has 0 fully saturated rings. The van der Waals surface area contributed by atoms with E-state index in [9.17, 15) is 4.79 Å². The second-order valence-electron chi connectivity index (χ2n) is 4.17. The van der Waals surface area contributed by atoms with E-state index in [0.717, 1.165) is 15.6 Å². The maximum Gasteiger partial charge on any atom is 0.224 e. The molecule has 2 nitrogen and oxygen atoms in total. The summed E-state index contributed by atoms with van der Waals surface area (Å²) in [7, 11) is 0. The van der Waals surface area contributed by atoms with Crippen LogP contribution in [-0.4, -0.2) is 5.91 Å². The van der Waals surface area contributed by atoms with Crippen molar-refractivity contribution in [2.24, 2.45) is 0 Å². The number of hydrogen-bond acceptors (Lipinski definition) is 1. The van der Waals surface area contributed by atoms with Gasteiger partial charge in [-0.1, -0.05) is 63.9 Å². The lowest BCUT2D eigenvalue weighted by molar-refractivity contribution is -0.120. The molecule has 2 aromatic rings.